The van der Waals surface area contributed by atoms with Crippen molar-refractivity contribution in [3.05, 3.63) is 89.7 Å². The first-order chi connectivity index (χ1) is 18.3. The number of carbonyl (C=O) groups excluding carboxylic acids is 3. The second-order valence-electron chi connectivity index (χ2n) is 8.52. The average Bonchev–Trinajstić information content (AvgIpc) is 2.92. The lowest BCUT2D eigenvalue weighted by Gasteiger charge is -2.20. The van der Waals surface area contributed by atoms with Gasteiger partial charge in [-0.25, -0.2) is 9.82 Å². The van der Waals surface area contributed by atoms with Crippen LogP contribution in [0, 0.1) is 11.7 Å². The van der Waals surface area contributed by atoms with Gasteiger partial charge in [0.15, 0.2) is 18.1 Å². The first kappa shape index (κ1) is 27.9. The molecule has 3 rings (SSSR count). The van der Waals surface area contributed by atoms with Gasteiger partial charge in [0.25, 0.3) is 17.7 Å². The SMILES string of the molecule is COc1cc(/C=N/NC(=O)C(NC(=O)c2ccccc2)C(C)C)ccc1OCC(=O)Nc1ccccc1F. The lowest BCUT2D eigenvalue weighted by Crippen LogP contribution is -2.48. The number of ether oxygens (including phenoxy) is 2. The highest BCUT2D eigenvalue weighted by molar-refractivity contribution is 5.97. The second-order valence-corrected chi connectivity index (χ2v) is 8.52. The van der Waals surface area contributed by atoms with E-state index in [2.05, 4.69) is 21.2 Å². The lowest BCUT2D eigenvalue weighted by atomic mass is 10.0. The molecule has 0 saturated heterocycles. The van der Waals surface area contributed by atoms with E-state index in [0.29, 0.717) is 22.6 Å². The molecule has 0 spiro atoms. The van der Waals surface area contributed by atoms with Crippen molar-refractivity contribution < 1.29 is 28.2 Å². The van der Waals surface area contributed by atoms with E-state index < -0.39 is 23.7 Å². The van der Waals surface area contributed by atoms with Gasteiger partial charge in [0.1, 0.15) is 11.9 Å². The zero-order valence-electron chi connectivity index (χ0n) is 21.2. The predicted octanol–water partition coefficient (Wildman–Crippen LogP) is 3.76. The normalized spacial score (nSPS) is 11.6. The fraction of sp³-hybridized carbons (Fsp3) is 0.214. The van der Waals surface area contributed by atoms with Crippen molar-refractivity contribution in [3.8, 4) is 11.5 Å². The summed E-state index contributed by atoms with van der Waals surface area (Å²) in [5.74, 6) is -1.46. The lowest BCUT2D eigenvalue weighted by molar-refractivity contribution is -0.124. The number of hydrazone groups is 1. The Hall–Kier alpha value is -4.73. The third-order valence-corrected chi connectivity index (χ3v) is 5.35. The van der Waals surface area contributed by atoms with Crippen molar-refractivity contribution >= 4 is 29.6 Å². The number of anilines is 1. The summed E-state index contributed by atoms with van der Waals surface area (Å²) in [5.41, 5.74) is 3.54. The highest BCUT2D eigenvalue weighted by Gasteiger charge is 2.24. The summed E-state index contributed by atoms with van der Waals surface area (Å²) in [4.78, 5) is 37.3. The van der Waals surface area contributed by atoms with E-state index in [1.807, 2.05) is 13.8 Å². The molecule has 1 unspecified atom stereocenters. The molecule has 3 aromatic carbocycles. The van der Waals surface area contributed by atoms with E-state index in [4.69, 9.17) is 9.47 Å². The van der Waals surface area contributed by atoms with Crippen LogP contribution in [-0.2, 0) is 9.59 Å². The summed E-state index contributed by atoms with van der Waals surface area (Å²) in [6, 6.07) is 18.5. The fourth-order valence-corrected chi connectivity index (χ4v) is 3.36. The van der Waals surface area contributed by atoms with Gasteiger partial charge < -0.3 is 20.1 Å². The maximum atomic E-state index is 13.7. The minimum absolute atomic E-state index is 0.0565. The smallest absolute Gasteiger partial charge is 0.262 e. The molecule has 3 N–H and O–H groups in total. The molecule has 0 fully saturated rings. The third kappa shape index (κ3) is 7.89. The molecule has 0 saturated carbocycles. The molecule has 9 nitrogen and oxygen atoms in total. The molecule has 3 amide bonds. The number of nitrogens with one attached hydrogen (secondary N) is 3. The van der Waals surface area contributed by atoms with Crippen LogP contribution >= 0.6 is 0 Å². The topological polar surface area (TPSA) is 118 Å². The number of hydrogen-bond acceptors (Lipinski definition) is 6. The van der Waals surface area contributed by atoms with E-state index in [1.54, 1.807) is 54.6 Å². The molecule has 198 valence electrons. The summed E-state index contributed by atoms with van der Waals surface area (Å²) >= 11 is 0. The van der Waals surface area contributed by atoms with Crippen molar-refractivity contribution in [2.24, 2.45) is 11.0 Å². The van der Waals surface area contributed by atoms with Crippen molar-refractivity contribution in [1.82, 2.24) is 10.7 Å². The van der Waals surface area contributed by atoms with Crippen LogP contribution in [0.5, 0.6) is 11.5 Å². The number of para-hydroxylation sites is 1. The number of halogens is 1. The molecular weight excluding hydrogens is 491 g/mol. The van der Waals surface area contributed by atoms with Crippen LogP contribution in [0.2, 0.25) is 0 Å². The maximum absolute atomic E-state index is 13.7. The maximum Gasteiger partial charge on any atom is 0.262 e. The zero-order chi connectivity index (χ0) is 27.5. The van der Waals surface area contributed by atoms with Crippen LogP contribution < -0.4 is 25.5 Å². The molecule has 0 aromatic heterocycles. The number of nitrogens with zero attached hydrogens (tertiary/aromatic N) is 1. The molecule has 0 bridgehead atoms. The molecule has 1 atom stereocenters. The van der Waals surface area contributed by atoms with E-state index in [1.165, 1.54) is 31.5 Å². The average molecular weight is 521 g/mol. The van der Waals surface area contributed by atoms with Gasteiger partial charge in [-0.15, -0.1) is 0 Å². The van der Waals surface area contributed by atoms with Gasteiger partial charge in [-0.2, -0.15) is 5.10 Å². The van der Waals surface area contributed by atoms with Crippen molar-refractivity contribution in [3.63, 3.8) is 0 Å². The Kier molecular flexibility index (Phi) is 9.93. The second kappa shape index (κ2) is 13.5. The van der Waals surface area contributed by atoms with Gasteiger partial charge in [-0.1, -0.05) is 44.2 Å². The largest absolute Gasteiger partial charge is 0.493 e. The number of benzene rings is 3. The third-order valence-electron chi connectivity index (χ3n) is 5.35. The minimum Gasteiger partial charge on any atom is -0.493 e. The van der Waals surface area contributed by atoms with Crippen LogP contribution in [0.15, 0.2) is 77.9 Å². The Morgan fingerprint density at radius 1 is 0.974 bits per heavy atom. The molecule has 0 radical (unpaired) electrons. The molecule has 0 heterocycles. The Bertz CT molecular complexity index is 1300. The Labute approximate surface area is 220 Å². The van der Waals surface area contributed by atoms with Crippen molar-refractivity contribution in [2.75, 3.05) is 19.0 Å². The highest BCUT2D eigenvalue weighted by atomic mass is 19.1. The van der Waals surface area contributed by atoms with E-state index in [9.17, 15) is 18.8 Å². The summed E-state index contributed by atoms with van der Waals surface area (Å²) in [7, 11) is 1.44. The zero-order valence-corrected chi connectivity index (χ0v) is 21.2. The summed E-state index contributed by atoms with van der Waals surface area (Å²) in [6.07, 6.45) is 1.41. The van der Waals surface area contributed by atoms with Crippen LogP contribution in [0.25, 0.3) is 0 Å². The number of hydrogen-bond donors (Lipinski definition) is 3. The van der Waals surface area contributed by atoms with E-state index in [-0.39, 0.29) is 24.1 Å². The number of rotatable bonds is 11. The van der Waals surface area contributed by atoms with Gasteiger partial charge in [0.2, 0.25) is 0 Å². The first-order valence-electron chi connectivity index (χ1n) is 11.8. The van der Waals surface area contributed by atoms with Gasteiger partial charge in [-0.05, 0) is 53.9 Å². The number of methoxy groups -OCH3 is 1. The van der Waals surface area contributed by atoms with Crippen molar-refractivity contribution in [2.45, 2.75) is 19.9 Å². The van der Waals surface area contributed by atoms with Crippen LogP contribution in [0.1, 0.15) is 29.8 Å². The van der Waals surface area contributed by atoms with Gasteiger partial charge in [0.05, 0.1) is 19.0 Å². The molecule has 0 aliphatic heterocycles. The fourth-order valence-electron chi connectivity index (χ4n) is 3.36. The summed E-state index contributed by atoms with van der Waals surface area (Å²) < 4.78 is 24.5. The highest BCUT2D eigenvalue weighted by Crippen LogP contribution is 2.27. The molecule has 0 aliphatic rings. The molecular formula is C28H29FN4O5. The number of amides is 3. The standard InChI is InChI=1S/C28H29FN4O5/c1-18(2)26(32-27(35)20-9-5-4-6-10-20)28(36)33-30-16-19-13-14-23(24(15-19)37-3)38-17-25(34)31-22-12-8-7-11-21(22)29/h4-16,18,26H,17H2,1-3H3,(H,31,34)(H,32,35)(H,33,36)/b30-16+. The number of carbonyl (C=O) groups is 3. The Morgan fingerprint density at radius 2 is 1.68 bits per heavy atom. The van der Waals surface area contributed by atoms with Gasteiger partial charge in [-0.3, -0.25) is 14.4 Å². The molecule has 38 heavy (non-hydrogen) atoms. The predicted molar refractivity (Wildman–Crippen MR) is 142 cm³/mol. The summed E-state index contributed by atoms with van der Waals surface area (Å²) in [6.45, 7) is 3.28. The molecule has 3 aromatic rings. The van der Waals surface area contributed by atoms with Crippen LogP contribution in [0.4, 0.5) is 10.1 Å². The molecule has 0 aliphatic carbocycles. The van der Waals surface area contributed by atoms with E-state index in [0.717, 1.165) is 0 Å². The minimum atomic E-state index is -0.791. The first-order valence-corrected chi connectivity index (χ1v) is 11.8. The van der Waals surface area contributed by atoms with Gasteiger partial charge in [0, 0.05) is 5.56 Å². The Morgan fingerprint density at radius 3 is 2.37 bits per heavy atom. The molecule has 10 heteroatoms. The van der Waals surface area contributed by atoms with Crippen LogP contribution in [0.3, 0.4) is 0 Å². The monoisotopic (exact) mass is 520 g/mol. The van der Waals surface area contributed by atoms with Crippen LogP contribution in [-0.4, -0.2) is 43.7 Å². The summed E-state index contributed by atoms with van der Waals surface area (Å²) in [5, 5.41) is 9.16. The quantitative estimate of drug-likeness (QED) is 0.263. The Balaban J connectivity index is 1.57. The van der Waals surface area contributed by atoms with Gasteiger partial charge >= 0.3 is 0 Å². The van der Waals surface area contributed by atoms with E-state index >= 15 is 0 Å². The van der Waals surface area contributed by atoms with Crippen molar-refractivity contribution in [1.29, 1.82) is 0 Å².